The number of hydrogen-bond acceptors (Lipinski definition) is 7. The number of hydrogen-bond donors (Lipinski definition) is 1. The highest BCUT2D eigenvalue weighted by molar-refractivity contribution is 5.91. The van der Waals surface area contributed by atoms with Gasteiger partial charge in [-0.2, -0.15) is 0 Å². The van der Waals surface area contributed by atoms with Gasteiger partial charge in [-0.25, -0.2) is 4.79 Å². The van der Waals surface area contributed by atoms with Crippen molar-refractivity contribution in [1.29, 1.82) is 0 Å². The minimum Gasteiger partial charge on any atom is -0.465 e. The van der Waals surface area contributed by atoms with Gasteiger partial charge in [0.1, 0.15) is 19.3 Å². The van der Waals surface area contributed by atoms with Crippen LogP contribution in [0.25, 0.3) is 0 Å². The third-order valence-corrected chi connectivity index (χ3v) is 9.56. The number of rotatable bonds is 9. The number of carbonyl (C=O) groups excluding carboxylic acids is 3. The molecule has 39 heavy (non-hydrogen) atoms. The summed E-state index contributed by atoms with van der Waals surface area (Å²) in [6.07, 6.45) is 5.50. The third-order valence-electron chi connectivity index (χ3n) is 9.56. The standard InChI is InChI=1S/C32H43NO6/c1-20-12-13-28-31(5,16-14-29(39-23(4)35)32(28,6)19-38-22(3)34)26(20)18-27(25-15-17-37-30(25)36)33-21(2)24-10-8-7-9-11-24/h7-11,15,21,26-29,33H,1,12-14,16-19H2,2-6H3/t21-,26+,27+,28-,29+,31-,32-/m0/s1. The van der Waals surface area contributed by atoms with Crippen LogP contribution in [0, 0.1) is 22.7 Å². The van der Waals surface area contributed by atoms with E-state index in [2.05, 4.69) is 44.8 Å². The van der Waals surface area contributed by atoms with Crippen molar-refractivity contribution in [2.45, 2.75) is 84.9 Å². The lowest BCUT2D eigenvalue weighted by atomic mass is 9.46. The topological polar surface area (TPSA) is 90.9 Å². The van der Waals surface area contributed by atoms with E-state index in [1.807, 2.05) is 24.3 Å². The molecule has 0 radical (unpaired) electrons. The number of carbonyl (C=O) groups is 3. The van der Waals surface area contributed by atoms with Crippen LogP contribution in [0.2, 0.25) is 0 Å². The van der Waals surface area contributed by atoms with E-state index in [0.717, 1.165) is 24.8 Å². The monoisotopic (exact) mass is 537 g/mol. The van der Waals surface area contributed by atoms with Gasteiger partial charge in [-0.1, -0.05) is 56.3 Å². The summed E-state index contributed by atoms with van der Waals surface area (Å²) >= 11 is 0. The Kier molecular flexibility index (Phi) is 8.69. The number of esters is 3. The average Bonchev–Trinajstić information content (AvgIpc) is 3.32. The molecule has 1 aliphatic heterocycles. The normalized spacial score (nSPS) is 31.9. The Hall–Kier alpha value is -2.93. The summed E-state index contributed by atoms with van der Waals surface area (Å²) in [5.74, 6) is -0.683. The number of nitrogens with one attached hydrogen (secondary N) is 1. The number of benzene rings is 1. The zero-order chi connectivity index (χ0) is 28.4. The fraction of sp³-hybridized carbons (Fsp3) is 0.594. The van der Waals surface area contributed by atoms with Gasteiger partial charge in [0.25, 0.3) is 0 Å². The predicted molar refractivity (Wildman–Crippen MR) is 148 cm³/mol. The van der Waals surface area contributed by atoms with Gasteiger partial charge in [0.15, 0.2) is 0 Å². The van der Waals surface area contributed by atoms with Crippen LogP contribution >= 0.6 is 0 Å². The first kappa shape index (κ1) is 29.1. The van der Waals surface area contributed by atoms with Gasteiger partial charge >= 0.3 is 17.9 Å². The quantitative estimate of drug-likeness (QED) is 0.254. The third kappa shape index (κ3) is 5.98. The van der Waals surface area contributed by atoms with Crippen LogP contribution in [-0.4, -0.2) is 43.3 Å². The summed E-state index contributed by atoms with van der Waals surface area (Å²) in [5.41, 5.74) is 2.29. The Morgan fingerprint density at radius 3 is 2.49 bits per heavy atom. The van der Waals surface area contributed by atoms with Gasteiger partial charge in [-0.3, -0.25) is 9.59 Å². The van der Waals surface area contributed by atoms with Crippen molar-refractivity contribution >= 4 is 17.9 Å². The zero-order valence-corrected chi connectivity index (χ0v) is 24.0. The van der Waals surface area contributed by atoms with Gasteiger partial charge < -0.3 is 19.5 Å². The van der Waals surface area contributed by atoms with Gasteiger partial charge in [-0.05, 0) is 67.9 Å². The van der Waals surface area contributed by atoms with E-state index in [9.17, 15) is 14.4 Å². The lowest BCUT2D eigenvalue weighted by Crippen LogP contribution is -2.59. The molecule has 0 spiro atoms. The van der Waals surface area contributed by atoms with Gasteiger partial charge in [-0.15, -0.1) is 0 Å². The van der Waals surface area contributed by atoms with Crippen LogP contribution in [0.4, 0.5) is 0 Å². The Morgan fingerprint density at radius 1 is 1.15 bits per heavy atom. The second-order valence-corrected chi connectivity index (χ2v) is 12.1. The van der Waals surface area contributed by atoms with E-state index in [-0.39, 0.29) is 60.0 Å². The molecule has 2 fully saturated rings. The van der Waals surface area contributed by atoms with E-state index in [1.54, 1.807) is 0 Å². The molecule has 1 heterocycles. The van der Waals surface area contributed by atoms with Crippen LogP contribution in [0.3, 0.4) is 0 Å². The van der Waals surface area contributed by atoms with E-state index in [1.165, 1.54) is 19.4 Å². The van der Waals surface area contributed by atoms with Crippen molar-refractivity contribution in [2.75, 3.05) is 13.2 Å². The summed E-state index contributed by atoms with van der Waals surface area (Å²) in [5, 5.41) is 3.73. The molecule has 3 aliphatic rings. The first-order valence-corrected chi connectivity index (χ1v) is 14.1. The number of fused-ring (bicyclic) bond motifs is 1. The molecule has 0 unspecified atom stereocenters. The lowest BCUT2D eigenvalue weighted by molar-refractivity contribution is -0.191. The van der Waals surface area contributed by atoms with Crippen LogP contribution in [0.15, 0.2) is 54.1 Å². The molecule has 1 N–H and O–H groups in total. The molecular weight excluding hydrogens is 494 g/mol. The van der Waals surface area contributed by atoms with Crippen LogP contribution in [0.5, 0.6) is 0 Å². The summed E-state index contributed by atoms with van der Waals surface area (Å²) in [6.45, 7) is 14.4. The van der Waals surface area contributed by atoms with Gasteiger partial charge in [0, 0.05) is 31.3 Å². The molecule has 0 aromatic heterocycles. The SMILES string of the molecule is C=C1CC[C@@H]2[C@](C)(COC(C)=O)[C@H](OC(C)=O)CC[C@@]2(C)[C@@H]1C[C@@H](N[C@@H](C)c1ccccc1)C1=CCOC1=O. The van der Waals surface area contributed by atoms with Crippen molar-refractivity contribution in [3.05, 3.63) is 59.7 Å². The van der Waals surface area contributed by atoms with Crippen molar-refractivity contribution in [2.24, 2.45) is 22.7 Å². The lowest BCUT2D eigenvalue weighted by Gasteiger charge is -2.60. The van der Waals surface area contributed by atoms with Crippen LogP contribution in [-0.2, 0) is 28.6 Å². The smallest absolute Gasteiger partial charge is 0.335 e. The molecule has 7 atom stereocenters. The van der Waals surface area contributed by atoms with Crippen molar-refractivity contribution in [1.82, 2.24) is 5.32 Å². The Bertz CT molecular complexity index is 1130. The molecular formula is C32H43NO6. The minimum atomic E-state index is -0.533. The van der Waals surface area contributed by atoms with Crippen molar-refractivity contribution in [3.8, 4) is 0 Å². The maximum atomic E-state index is 12.8. The fourth-order valence-corrected chi connectivity index (χ4v) is 7.57. The first-order chi connectivity index (χ1) is 18.5. The maximum Gasteiger partial charge on any atom is 0.335 e. The fourth-order valence-electron chi connectivity index (χ4n) is 7.57. The molecule has 0 saturated heterocycles. The number of cyclic esters (lactones) is 1. The molecule has 0 bridgehead atoms. The molecule has 4 rings (SSSR count). The summed E-state index contributed by atoms with van der Waals surface area (Å²) in [7, 11) is 0. The highest BCUT2D eigenvalue weighted by atomic mass is 16.6. The van der Waals surface area contributed by atoms with E-state index >= 15 is 0 Å². The first-order valence-electron chi connectivity index (χ1n) is 14.1. The number of ether oxygens (including phenoxy) is 3. The largest absolute Gasteiger partial charge is 0.465 e. The highest BCUT2D eigenvalue weighted by Crippen LogP contribution is 2.62. The summed E-state index contributed by atoms with van der Waals surface area (Å²) < 4.78 is 16.8. The van der Waals surface area contributed by atoms with E-state index in [0.29, 0.717) is 25.0 Å². The van der Waals surface area contributed by atoms with E-state index in [4.69, 9.17) is 14.2 Å². The van der Waals surface area contributed by atoms with Crippen molar-refractivity contribution in [3.63, 3.8) is 0 Å². The second-order valence-electron chi connectivity index (χ2n) is 12.1. The molecule has 2 saturated carbocycles. The number of allylic oxidation sites excluding steroid dienone is 1. The van der Waals surface area contributed by atoms with Crippen molar-refractivity contribution < 1.29 is 28.6 Å². The second kappa shape index (κ2) is 11.7. The molecule has 2 aliphatic carbocycles. The highest BCUT2D eigenvalue weighted by Gasteiger charge is 2.60. The maximum absolute atomic E-state index is 12.8. The molecule has 0 amide bonds. The molecule has 7 nitrogen and oxygen atoms in total. The molecule has 1 aromatic rings. The summed E-state index contributed by atoms with van der Waals surface area (Å²) in [6, 6.07) is 10.0. The van der Waals surface area contributed by atoms with Gasteiger partial charge in [0.05, 0.1) is 5.57 Å². The summed E-state index contributed by atoms with van der Waals surface area (Å²) in [4.78, 5) is 36.7. The van der Waals surface area contributed by atoms with Crippen LogP contribution < -0.4 is 5.32 Å². The molecule has 1 aromatic carbocycles. The molecule has 212 valence electrons. The Morgan fingerprint density at radius 2 is 1.87 bits per heavy atom. The predicted octanol–water partition coefficient (Wildman–Crippen LogP) is 5.46. The van der Waals surface area contributed by atoms with Gasteiger partial charge in [0.2, 0.25) is 0 Å². The average molecular weight is 538 g/mol. The Labute approximate surface area is 232 Å². The zero-order valence-electron chi connectivity index (χ0n) is 24.0. The minimum absolute atomic E-state index is 0.0277. The van der Waals surface area contributed by atoms with Crippen LogP contribution in [0.1, 0.15) is 78.3 Å². The van der Waals surface area contributed by atoms with E-state index < -0.39 is 5.41 Å². The Balaban J connectivity index is 1.66. The molecule has 7 heteroatoms.